The van der Waals surface area contributed by atoms with Gasteiger partial charge in [0, 0.05) is 31.0 Å². The van der Waals surface area contributed by atoms with Gasteiger partial charge in [-0.1, -0.05) is 28.1 Å². The summed E-state index contributed by atoms with van der Waals surface area (Å²) in [6.07, 6.45) is -0.261. The van der Waals surface area contributed by atoms with Crippen molar-refractivity contribution in [3.8, 4) is 0 Å². The number of carbonyl (C=O) groups excluding carboxylic acids is 2. The highest BCUT2D eigenvalue weighted by molar-refractivity contribution is 9.10. The lowest BCUT2D eigenvalue weighted by Gasteiger charge is -2.20. The molecule has 122 valence electrons. The lowest BCUT2D eigenvalue weighted by molar-refractivity contribution is -0.130. The fourth-order valence-corrected chi connectivity index (χ4v) is 1.99. The van der Waals surface area contributed by atoms with E-state index >= 15 is 0 Å². The Balaban J connectivity index is 2.32. The molecule has 6 heteroatoms. The Morgan fingerprint density at radius 1 is 1.23 bits per heavy atom. The van der Waals surface area contributed by atoms with Crippen LogP contribution >= 0.6 is 15.9 Å². The Kier molecular flexibility index (Phi) is 6.87. The molecule has 0 saturated heterocycles. The van der Waals surface area contributed by atoms with Gasteiger partial charge in [-0.2, -0.15) is 0 Å². The van der Waals surface area contributed by atoms with Crippen LogP contribution in [0.15, 0.2) is 28.7 Å². The summed E-state index contributed by atoms with van der Waals surface area (Å²) in [5, 5.41) is 2.58. The quantitative estimate of drug-likeness (QED) is 0.864. The van der Waals surface area contributed by atoms with Crippen molar-refractivity contribution >= 4 is 27.9 Å². The molecule has 1 N–H and O–H groups in total. The van der Waals surface area contributed by atoms with Gasteiger partial charge in [0.2, 0.25) is 5.91 Å². The smallest absolute Gasteiger partial charge is 0.407 e. The summed E-state index contributed by atoms with van der Waals surface area (Å²) >= 11 is 3.38. The third-order valence-electron chi connectivity index (χ3n) is 2.77. The number of alkyl carbamates (subject to hydrolysis) is 1. The molecule has 0 aliphatic heterocycles. The highest BCUT2D eigenvalue weighted by Crippen LogP contribution is 2.12. The van der Waals surface area contributed by atoms with Crippen molar-refractivity contribution in [2.75, 3.05) is 13.6 Å². The minimum Gasteiger partial charge on any atom is -0.444 e. The third kappa shape index (κ3) is 7.45. The number of hydrogen-bond donors (Lipinski definition) is 1. The molecule has 0 aromatic heterocycles. The van der Waals surface area contributed by atoms with E-state index in [2.05, 4.69) is 21.2 Å². The van der Waals surface area contributed by atoms with E-state index in [9.17, 15) is 9.59 Å². The molecule has 2 amide bonds. The Bertz CT molecular complexity index is 509. The first-order chi connectivity index (χ1) is 10.2. The van der Waals surface area contributed by atoms with Crippen LogP contribution in [-0.2, 0) is 16.1 Å². The number of halogens is 1. The Hall–Kier alpha value is -1.56. The SMILES string of the molecule is CN(Cc1ccc(Br)cc1)C(=O)CCNC(=O)OC(C)(C)C. The van der Waals surface area contributed by atoms with Gasteiger partial charge >= 0.3 is 6.09 Å². The van der Waals surface area contributed by atoms with Gasteiger partial charge in [0.05, 0.1) is 0 Å². The Morgan fingerprint density at radius 2 is 1.82 bits per heavy atom. The van der Waals surface area contributed by atoms with Gasteiger partial charge in [-0.15, -0.1) is 0 Å². The second-order valence-corrected chi connectivity index (χ2v) is 6.97. The summed E-state index contributed by atoms with van der Waals surface area (Å²) in [6, 6.07) is 7.81. The molecule has 0 fully saturated rings. The fraction of sp³-hybridized carbons (Fsp3) is 0.500. The predicted octanol–water partition coefficient (Wildman–Crippen LogP) is 3.32. The van der Waals surface area contributed by atoms with Crippen LogP contribution < -0.4 is 5.32 Å². The molecule has 0 saturated carbocycles. The number of nitrogens with zero attached hydrogens (tertiary/aromatic N) is 1. The number of rotatable bonds is 5. The molecule has 1 rings (SSSR count). The van der Waals surface area contributed by atoms with E-state index < -0.39 is 11.7 Å². The zero-order valence-corrected chi connectivity index (χ0v) is 15.1. The van der Waals surface area contributed by atoms with Crippen molar-refractivity contribution in [1.82, 2.24) is 10.2 Å². The average Bonchev–Trinajstić information content (AvgIpc) is 2.39. The predicted molar refractivity (Wildman–Crippen MR) is 89.5 cm³/mol. The number of amides is 2. The van der Waals surface area contributed by atoms with E-state index in [-0.39, 0.29) is 18.9 Å². The maximum absolute atomic E-state index is 12.0. The third-order valence-corrected chi connectivity index (χ3v) is 3.29. The van der Waals surface area contributed by atoms with Crippen molar-refractivity contribution in [3.63, 3.8) is 0 Å². The van der Waals surface area contributed by atoms with E-state index in [4.69, 9.17) is 4.74 Å². The van der Waals surface area contributed by atoms with Crippen LogP contribution in [0.3, 0.4) is 0 Å². The maximum Gasteiger partial charge on any atom is 0.407 e. The number of nitrogens with one attached hydrogen (secondary N) is 1. The second-order valence-electron chi connectivity index (χ2n) is 6.05. The summed E-state index contributed by atoms with van der Waals surface area (Å²) in [4.78, 5) is 25.1. The van der Waals surface area contributed by atoms with Crippen LogP contribution in [0, 0.1) is 0 Å². The van der Waals surface area contributed by atoms with Crippen LogP contribution in [0.4, 0.5) is 4.79 Å². The average molecular weight is 371 g/mol. The van der Waals surface area contributed by atoms with Crippen molar-refractivity contribution in [2.24, 2.45) is 0 Å². The van der Waals surface area contributed by atoms with Crippen molar-refractivity contribution in [2.45, 2.75) is 39.3 Å². The molecule has 0 aliphatic rings. The van der Waals surface area contributed by atoms with E-state index in [0.29, 0.717) is 6.54 Å². The number of carbonyl (C=O) groups is 2. The molecule has 0 heterocycles. The van der Waals surface area contributed by atoms with Crippen LogP contribution in [0.25, 0.3) is 0 Å². The number of hydrogen-bond acceptors (Lipinski definition) is 3. The molecule has 22 heavy (non-hydrogen) atoms. The van der Waals surface area contributed by atoms with E-state index in [1.807, 2.05) is 24.3 Å². The molecule has 0 unspecified atom stereocenters. The number of benzene rings is 1. The molecular weight excluding hydrogens is 348 g/mol. The monoisotopic (exact) mass is 370 g/mol. The van der Waals surface area contributed by atoms with Gasteiger partial charge < -0.3 is 15.0 Å². The normalized spacial score (nSPS) is 11.0. The topological polar surface area (TPSA) is 58.6 Å². The van der Waals surface area contributed by atoms with Crippen LogP contribution in [0.5, 0.6) is 0 Å². The van der Waals surface area contributed by atoms with E-state index in [1.54, 1.807) is 32.7 Å². The molecular formula is C16H23BrN2O3. The summed E-state index contributed by atoms with van der Waals surface area (Å²) in [6.45, 7) is 6.19. The van der Waals surface area contributed by atoms with E-state index in [0.717, 1.165) is 10.0 Å². The largest absolute Gasteiger partial charge is 0.444 e. The second kappa shape index (κ2) is 8.17. The van der Waals surface area contributed by atoms with Gasteiger partial charge in [0.15, 0.2) is 0 Å². The highest BCUT2D eigenvalue weighted by Gasteiger charge is 2.16. The molecule has 0 bridgehead atoms. The minimum atomic E-state index is -0.535. The van der Waals surface area contributed by atoms with Crippen molar-refractivity contribution in [3.05, 3.63) is 34.3 Å². The van der Waals surface area contributed by atoms with Crippen LogP contribution in [0.1, 0.15) is 32.8 Å². The van der Waals surface area contributed by atoms with Gasteiger partial charge in [-0.05, 0) is 38.5 Å². The lowest BCUT2D eigenvalue weighted by Crippen LogP contribution is -2.35. The molecule has 0 radical (unpaired) electrons. The minimum absolute atomic E-state index is 0.0287. The summed E-state index contributed by atoms with van der Waals surface area (Å²) < 4.78 is 6.11. The molecule has 1 aromatic rings. The maximum atomic E-state index is 12.0. The van der Waals surface area contributed by atoms with Crippen molar-refractivity contribution in [1.29, 1.82) is 0 Å². The van der Waals surface area contributed by atoms with Crippen LogP contribution in [-0.4, -0.2) is 36.1 Å². The van der Waals surface area contributed by atoms with Gasteiger partial charge in [-0.3, -0.25) is 4.79 Å². The molecule has 0 atom stereocenters. The molecule has 0 spiro atoms. The Morgan fingerprint density at radius 3 is 2.36 bits per heavy atom. The highest BCUT2D eigenvalue weighted by atomic mass is 79.9. The summed E-state index contributed by atoms with van der Waals surface area (Å²) in [5.41, 5.74) is 0.520. The summed E-state index contributed by atoms with van der Waals surface area (Å²) in [5.74, 6) is -0.0287. The summed E-state index contributed by atoms with van der Waals surface area (Å²) in [7, 11) is 1.75. The van der Waals surface area contributed by atoms with E-state index in [1.165, 1.54) is 0 Å². The zero-order valence-electron chi connectivity index (χ0n) is 13.5. The fourth-order valence-electron chi connectivity index (χ4n) is 1.73. The standard InChI is InChI=1S/C16H23BrN2O3/c1-16(2,3)22-15(21)18-10-9-14(20)19(4)11-12-5-7-13(17)8-6-12/h5-8H,9-11H2,1-4H3,(H,18,21). The first-order valence-electron chi connectivity index (χ1n) is 7.12. The van der Waals surface area contributed by atoms with Gasteiger partial charge in [-0.25, -0.2) is 4.79 Å². The molecule has 0 aliphatic carbocycles. The molecule has 1 aromatic carbocycles. The first kappa shape index (κ1) is 18.5. The lowest BCUT2D eigenvalue weighted by atomic mass is 10.2. The first-order valence-corrected chi connectivity index (χ1v) is 7.92. The zero-order chi connectivity index (χ0) is 16.8. The van der Waals surface area contributed by atoms with Crippen LogP contribution in [0.2, 0.25) is 0 Å². The number of ether oxygens (including phenoxy) is 1. The van der Waals surface area contributed by atoms with Gasteiger partial charge in [0.25, 0.3) is 0 Å². The van der Waals surface area contributed by atoms with Crippen molar-refractivity contribution < 1.29 is 14.3 Å². The van der Waals surface area contributed by atoms with Gasteiger partial charge in [0.1, 0.15) is 5.60 Å². The Labute approximate surface area is 140 Å². The molecule has 5 nitrogen and oxygen atoms in total.